The summed E-state index contributed by atoms with van der Waals surface area (Å²) in [6, 6.07) is 11.5. The zero-order chi connectivity index (χ0) is 25.7. The van der Waals surface area contributed by atoms with Crippen LogP contribution >= 0.6 is 45.9 Å². The van der Waals surface area contributed by atoms with E-state index in [-0.39, 0.29) is 11.8 Å². The number of carbonyl (C=O) groups is 2. The minimum Gasteiger partial charge on any atom is -0.318 e. The van der Waals surface area contributed by atoms with Crippen LogP contribution in [0, 0.1) is 0 Å². The number of thiazole rings is 2. The Balaban J connectivity index is 1.16. The minimum atomic E-state index is -0.101. The van der Waals surface area contributed by atoms with Crippen LogP contribution in [0.2, 0.25) is 10.0 Å². The third-order valence-corrected chi connectivity index (χ3v) is 8.82. The van der Waals surface area contributed by atoms with E-state index in [0.29, 0.717) is 32.5 Å². The van der Waals surface area contributed by atoms with Gasteiger partial charge in [-0.2, -0.15) is 9.98 Å². The molecule has 0 atom stereocenters. The molecule has 0 aliphatic carbocycles. The number of aryl methyl sites for hydroxylation is 2. The molecular formula is C26H28Cl2N4O2S2. The summed E-state index contributed by atoms with van der Waals surface area (Å²) in [6.45, 7) is 0. The lowest BCUT2D eigenvalue weighted by molar-refractivity contribution is -0.119. The Morgan fingerprint density at radius 1 is 0.694 bits per heavy atom. The highest BCUT2D eigenvalue weighted by atomic mass is 35.5. The Kier molecular flexibility index (Phi) is 9.17. The SMILES string of the molecule is Cn1c(=NC(=O)CCCCCCCCC(=O)N=c2sc3cccc(Cl)c3n2C)sc2cccc(Cl)c21. The maximum Gasteiger partial charge on any atom is 0.248 e. The van der Waals surface area contributed by atoms with Crippen molar-refractivity contribution in [1.82, 2.24) is 9.13 Å². The Bertz CT molecular complexity index is 1430. The number of benzene rings is 2. The number of unbranched alkanes of at least 4 members (excludes halogenated alkanes) is 5. The van der Waals surface area contributed by atoms with E-state index >= 15 is 0 Å². The summed E-state index contributed by atoms with van der Waals surface area (Å²) >= 11 is 15.5. The second-order valence-corrected chi connectivity index (χ2v) is 11.5. The van der Waals surface area contributed by atoms with Crippen LogP contribution in [0.15, 0.2) is 46.4 Å². The normalized spacial score (nSPS) is 12.8. The maximum absolute atomic E-state index is 12.3. The number of para-hydroxylation sites is 2. The van der Waals surface area contributed by atoms with E-state index in [4.69, 9.17) is 23.2 Å². The first kappa shape index (κ1) is 26.8. The lowest BCUT2D eigenvalue weighted by atomic mass is 10.1. The van der Waals surface area contributed by atoms with Gasteiger partial charge in [0.15, 0.2) is 9.60 Å². The molecule has 0 aliphatic heterocycles. The second-order valence-electron chi connectivity index (χ2n) is 8.69. The fraction of sp³-hybridized carbons (Fsp3) is 0.385. The number of fused-ring (bicyclic) bond motifs is 2. The molecule has 2 amide bonds. The summed E-state index contributed by atoms with van der Waals surface area (Å²) in [6.07, 6.45) is 6.53. The Labute approximate surface area is 227 Å². The average molecular weight is 564 g/mol. The van der Waals surface area contributed by atoms with Crippen LogP contribution in [-0.4, -0.2) is 20.9 Å². The van der Waals surface area contributed by atoms with Gasteiger partial charge in [0.1, 0.15) is 0 Å². The van der Waals surface area contributed by atoms with Gasteiger partial charge in [-0.1, -0.05) is 83.7 Å². The van der Waals surface area contributed by atoms with Gasteiger partial charge in [0, 0.05) is 26.9 Å². The van der Waals surface area contributed by atoms with Gasteiger partial charge < -0.3 is 9.13 Å². The Hall–Kier alpha value is -2.26. The summed E-state index contributed by atoms with van der Waals surface area (Å²) < 4.78 is 5.79. The average Bonchev–Trinajstić information content (AvgIpc) is 3.33. The summed E-state index contributed by atoms with van der Waals surface area (Å²) in [7, 11) is 3.76. The van der Waals surface area contributed by atoms with Crippen molar-refractivity contribution in [3.63, 3.8) is 0 Å². The van der Waals surface area contributed by atoms with Crippen molar-refractivity contribution in [1.29, 1.82) is 0 Å². The molecule has 0 radical (unpaired) electrons. The molecule has 0 bridgehead atoms. The first-order valence-corrected chi connectivity index (χ1v) is 14.4. The largest absolute Gasteiger partial charge is 0.318 e. The van der Waals surface area contributed by atoms with Gasteiger partial charge in [-0.3, -0.25) is 9.59 Å². The first-order valence-electron chi connectivity index (χ1n) is 12.0. The number of carbonyl (C=O) groups excluding carboxylic acids is 2. The molecule has 10 heteroatoms. The minimum absolute atomic E-state index is 0.101. The molecule has 0 N–H and O–H groups in total. The molecule has 4 rings (SSSR count). The topological polar surface area (TPSA) is 68.7 Å². The van der Waals surface area contributed by atoms with E-state index in [2.05, 4.69) is 9.98 Å². The molecule has 0 aliphatic rings. The highest BCUT2D eigenvalue weighted by Gasteiger charge is 2.09. The number of hydrogen-bond donors (Lipinski definition) is 0. The van der Waals surface area contributed by atoms with Crippen molar-refractivity contribution in [2.24, 2.45) is 24.1 Å². The summed E-state index contributed by atoms with van der Waals surface area (Å²) in [5.74, 6) is -0.202. The van der Waals surface area contributed by atoms with Crippen LogP contribution in [0.1, 0.15) is 51.4 Å². The van der Waals surface area contributed by atoms with Gasteiger partial charge in [-0.05, 0) is 37.1 Å². The predicted molar refractivity (Wildman–Crippen MR) is 150 cm³/mol. The molecule has 2 aromatic heterocycles. The third-order valence-electron chi connectivity index (χ3n) is 6.02. The fourth-order valence-corrected chi connectivity index (χ4v) is 6.95. The summed E-state index contributed by atoms with van der Waals surface area (Å²) in [5.41, 5.74) is 1.81. The summed E-state index contributed by atoms with van der Waals surface area (Å²) in [4.78, 5) is 34.6. The molecule has 2 aromatic carbocycles. The molecule has 6 nitrogen and oxygen atoms in total. The van der Waals surface area contributed by atoms with Crippen molar-refractivity contribution >= 4 is 78.1 Å². The van der Waals surface area contributed by atoms with Gasteiger partial charge in [0.2, 0.25) is 11.8 Å². The number of halogens is 2. The lowest BCUT2D eigenvalue weighted by Crippen LogP contribution is -2.13. The van der Waals surface area contributed by atoms with E-state index in [1.54, 1.807) is 0 Å². The zero-order valence-corrected chi connectivity index (χ0v) is 23.4. The molecule has 4 aromatic rings. The lowest BCUT2D eigenvalue weighted by Gasteiger charge is -2.00. The number of rotatable bonds is 9. The highest BCUT2D eigenvalue weighted by Crippen LogP contribution is 2.25. The fourth-order valence-electron chi connectivity index (χ4n) is 4.11. The molecule has 0 fully saturated rings. The van der Waals surface area contributed by atoms with Crippen LogP contribution < -0.4 is 9.60 Å². The van der Waals surface area contributed by atoms with Gasteiger partial charge in [-0.25, -0.2) is 0 Å². The van der Waals surface area contributed by atoms with Gasteiger partial charge >= 0.3 is 0 Å². The van der Waals surface area contributed by atoms with Crippen molar-refractivity contribution in [3.05, 3.63) is 56.0 Å². The summed E-state index contributed by atoms with van der Waals surface area (Å²) in [5, 5.41) is 1.32. The number of amides is 2. The molecule has 190 valence electrons. The third kappa shape index (κ3) is 6.35. The van der Waals surface area contributed by atoms with Crippen molar-refractivity contribution in [2.45, 2.75) is 51.4 Å². The molecule has 0 spiro atoms. The van der Waals surface area contributed by atoms with E-state index in [1.807, 2.05) is 59.6 Å². The van der Waals surface area contributed by atoms with Crippen molar-refractivity contribution in [2.75, 3.05) is 0 Å². The predicted octanol–water partition coefficient (Wildman–Crippen LogP) is 6.78. The quantitative estimate of drug-likeness (QED) is 0.211. The van der Waals surface area contributed by atoms with Crippen LogP contribution in [0.25, 0.3) is 20.4 Å². The number of aromatic nitrogens is 2. The van der Waals surface area contributed by atoms with E-state index in [9.17, 15) is 9.59 Å². The van der Waals surface area contributed by atoms with Crippen molar-refractivity contribution in [3.8, 4) is 0 Å². The van der Waals surface area contributed by atoms with Gasteiger partial charge in [0.25, 0.3) is 0 Å². The van der Waals surface area contributed by atoms with E-state index in [0.717, 1.165) is 59.0 Å². The number of hydrogen-bond acceptors (Lipinski definition) is 4. The Morgan fingerprint density at radius 3 is 1.47 bits per heavy atom. The van der Waals surface area contributed by atoms with Crippen LogP contribution in [-0.2, 0) is 23.7 Å². The molecule has 2 heterocycles. The first-order chi connectivity index (χ1) is 17.3. The molecular weight excluding hydrogens is 535 g/mol. The highest BCUT2D eigenvalue weighted by molar-refractivity contribution is 7.16. The van der Waals surface area contributed by atoms with Crippen LogP contribution in [0.3, 0.4) is 0 Å². The molecule has 36 heavy (non-hydrogen) atoms. The smallest absolute Gasteiger partial charge is 0.248 e. The monoisotopic (exact) mass is 562 g/mol. The Morgan fingerprint density at radius 2 is 1.08 bits per heavy atom. The van der Waals surface area contributed by atoms with Crippen LogP contribution in [0.4, 0.5) is 0 Å². The molecule has 0 unspecified atom stereocenters. The van der Waals surface area contributed by atoms with Gasteiger partial charge in [-0.15, -0.1) is 0 Å². The van der Waals surface area contributed by atoms with Gasteiger partial charge in [0.05, 0.1) is 30.5 Å². The van der Waals surface area contributed by atoms with E-state index < -0.39 is 0 Å². The number of nitrogens with zero attached hydrogens (tertiary/aromatic N) is 4. The maximum atomic E-state index is 12.3. The molecule has 0 saturated heterocycles. The second kappa shape index (κ2) is 12.3. The van der Waals surface area contributed by atoms with E-state index in [1.165, 1.54) is 22.7 Å². The standard InChI is InChI=1S/C26H28Cl2N4O2S2/c1-31-23-17(27)11-9-13-19(23)35-25(31)29-21(33)15-7-5-3-4-6-8-16-22(34)30-26-32(2)24-18(28)12-10-14-20(24)36-26/h9-14H,3-8,15-16H2,1-2H3. The zero-order valence-electron chi connectivity index (χ0n) is 20.3. The van der Waals surface area contributed by atoms with Crippen LogP contribution in [0.5, 0.6) is 0 Å². The van der Waals surface area contributed by atoms with Crippen molar-refractivity contribution < 1.29 is 9.59 Å². The molecule has 0 saturated carbocycles.